The van der Waals surface area contributed by atoms with E-state index in [2.05, 4.69) is 5.32 Å². The van der Waals surface area contributed by atoms with Crippen LogP contribution in [0.4, 0.5) is 10.2 Å². The molecule has 3 aromatic rings. The molecule has 2 atom stereocenters. The topological polar surface area (TPSA) is 101 Å². The fourth-order valence-corrected chi connectivity index (χ4v) is 5.05. The first-order chi connectivity index (χ1) is 17.8. The van der Waals surface area contributed by atoms with E-state index in [0.29, 0.717) is 14.9 Å². The molecule has 2 amide bonds. The maximum Gasteiger partial charge on any atom is 0.312 e. The number of hydrogen-bond acceptors (Lipinski definition) is 7. The third-order valence-corrected chi connectivity index (χ3v) is 7.08. The average molecular weight is 547 g/mol. The van der Waals surface area contributed by atoms with Crippen molar-refractivity contribution in [1.29, 1.82) is 0 Å². The minimum absolute atomic E-state index is 0.00158. The van der Waals surface area contributed by atoms with Gasteiger partial charge in [0.15, 0.2) is 0 Å². The molecule has 1 N–H and O–H groups in total. The highest BCUT2D eigenvalue weighted by molar-refractivity contribution is 7.18. The van der Waals surface area contributed by atoms with Crippen molar-refractivity contribution in [2.24, 2.45) is 5.92 Å². The summed E-state index contributed by atoms with van der Waals surface area (Å²) in [6.07, 6.45) is 1.59. The van der Waals surface area contributed by atoms with Crippen LogP contribution in [0.25, 0.3) is 5.69 Å². The lowest BCUT2D eigenvalue weighted by molar-refractivity contribution is -0.148. The van der Waals surface area contributed by atoms with E-state index >= 15 is 0 Å². The molecule has 1 aromatic carbocycles. The molecule has 3 heterocycles. The van der Waals surface area contributed by atoms with Gasteiger partial charge in [-0.25, -0.2) is 0 Å². The van der Waals surface area contributed by atoms with E-state index < -0.39 is 29.7 Å². The van der Waals surface area contributed by atoms with Crippen LogP contribution in [0.3, 0.4) is 0 Å². The van der Waals surface area contributed by atoms with Gasteiger partial charge in [0.25, 0.3) is 17.4 Å². The Bertz CT molecular complexity index is 1350. The largest absolute Gasteiger partial charge is 0.466 e. The number of hydrogen-bond donors (Lipinski definition) is 1. The van der Waals surface area contributed by atoms with Gasteiger partial charge in [-0.3, -0.25) is 28.6 Å². The van der Waals surface area contributed by atoms with E-state index in [-0.39, 0.29) is 42.6 Å². The maximum absolute atomic E-state index is 14.9. The zero-order valence-electron chi connectivity index (χ0n) is 19.8. The van der Waals surface area contributed by atoms with Crippen LogP contribution in [-0.4, -0.2) is 59.5 Å². The molecule has 0 saturated carbocycles. The first kappa shape index (κ1) is 26.5. The predicted molar refractivity (Wildman–Crippen MR) is 138 cm³/mol. The number of aromatic nitrogens is 1. The fraction of sp³-hybridized carbons (Fsp3) is 0.280. The van der Waals surface area contributed by atoms with Crippen LogP contribution < -0.4 is 16.0 Å². The van der Waals surface area contributed by atoms with E-state index in [4.69, 9.17) is 16.3 Å². The molecule has 0 aliphatic carbocycles. The Morgan fingerprint density at radius 2 is 1.89 bits per heavy atom. The number of carbonyl (C=O) groups is 3. The molecule has 2 aromatic heterocycles. The molecule has 4 rings (SSSR count). The van der Waals surface area contributed by atoms with Crippen LogP contribution in [0.5, 0.6) is 0 Å². The molecule has 1 saturated heterocycles. The third-order valence-electron chi connectivity index (χ3n) is 5.85. The molecule has 1 aliphatic rings. The van der Waals surface area contributed by atoms with Crippen LogP contribution >= 0.6 is 22.9 Å². The van der Waals surface area contributed by atoms with E-state index in [1.54, 1.807) is 42.3 Å². The molecule has 0 spiro atoms. The molecule has 9 nitrogen and oxygen atoms in total. The van der Waals surface area contributed by atoms with Crippen LogP contribution in [-0.2, 0) is 14.3 Å². The lowest BCUT2D eigenvalue weighted by Crippen LogP contribution is -2.43. The first-order valence-corrected chi connectivity index (χ1v) is 12.7. The normalized spacial score (nSPS) is 17.4. The molecule has 1 aliphatic heterocycles. The monoisotopic (exact) mass is 546 g/mol. The Hall–Kier alpha value is -3.54. The molecule has 1 fully saturated rings. The number of rotatable bonds is 8. The number of halogens is 2. The summed E-state index contributed by atoms with van der Waals surface area (Å²) in [5, 5.41) is 2.84. The number of likely N-dealkylation sites (tertiary alicyclic amines) is 1. The highest BCUT2D eigenvalue weighted by atomic mass is 35.5. The number of ether oxygens (including phenoxy) is 1. The maximum atomic E-state index is 14.9. The predicted octanol–water partition coefficient (Wildman–Crippen LogP) is 3.06. The van der Waals surface area contributed by atoms with Crippen molar-refractivity contribution in [2.45, 2.75) is 13.0 Å². The van der Waals surface area contributed by atoms with Crippen molar-refractivity contribution in [2.75, 3.05) is 31.4 Å². The molecule has 194 valence electrons. The summed E-state index contributed by atoms with van der Waals surface area (Å²) in [6.45, 7) is 1.80. The van der Waals surface area contributed by atoms with Gasteiger partial charge in [0.1, 0.15) is 0 Å². The Morgan fingerprint density at radius 1 is 1.14 bits per heavy atom. The second-order valence-electron chi connectivity index (χ2n) is 8.34. The van der Waals surface area contributed by atoms with Gasteiger partial charge >= 0.3 is 5.97 Å². The van der Waals surface area contributed by atoms with Gasteiger partial charge in [-0.15, -0.1) is 16.5 Å². The number of nitrogens with zero attached hydrogens (tertiary/aromatic N) is 3. The number of anilines is 1. The second-order valence-corrected chi connectivity index (χ2v) is 10.1. The Morgan fingerprint density at radius 3 is 2.54 bits per heavy atom. The number of nitrogens with one attached hydrogen (secondary N) is 1. The lowest BCUT2D eigenvalue weighted by atomic mass is 10.0. The summed E-state index contributed by atoms with van der Waals surface area (Å²) >= 11 is 7.02. The Balaban J connectivity index is 1.42. The number of amides is 2. The van der Waals surface area contributed by atoms with E-state index in [0.717, 1.165) is 11.3 Å². The second kappa shape index (κ2) is 11.7. The number of benzene rings is 1. The number of thiophene rings is 1. The average Bonchev–Trinajstić information content (AvgIpc) is 3.50. The van der Waals surface area contributed by atoms with Gasteiger partial charge in [0.05, 0.1) is 40.0 Å². The summed E-state index contributed by atoms with van der Waals surface area (Å²) < 4.78 is 21.9. The standard InChI is InChI=1S/C25H24ClFN4O5S/c1-2-36-25(35)18-13-29(14-19(18)28-24(34)20-10-11-21(26)37-20)15-23(33)31(27)17-8-6-16(7-9-17)30-12-4-3-5-22(30)32/h3-12,18-19H,2,13-15H2,1H3,(H,28,34)/t18-,19-/m0/s1. The minimum atomic E-state index is -0.843. The van der Waals surface area contributed by atoms with Gasteiger partial charge < -0.3 is 10.1 Å². The molecule has 37 heavy (non-hydrogen) atoms. The zero-order valence-corrected chi connectivity index (χ0v) is 21.4. The Kier molecular flexibility index (Phi) is 8.37. The fourth-order valence-electron chi connectivity index (χ4n) is 4.11. The summed E-state index contributed by atoms with van der Waals surface area (Å²) in [7, 11) is 0. The van der Waals surface area contributed by atoms with E-state index in [1.807, 2.05) is 0 Å². The molecular weight excluding hydrogens is 523 g/mol. The van der Waals surface area contributed by atoms with Gasteiger partial charge in [0, 0.05) is 31.0 Å². The van der Waals surface area contributed by atoms with Gasteiger partial charge in [0.2, 0.25) is 0 Å². The third kappa shape index (κ3) is 6.24. The SMILES string of the molecule is CCOC(=O)[C@H]1CN(CC(=O)N(F)c2ccc(-n3ccccc3=O)cc2)C[C@@H]1NC(=O)c1ccc(Cl)s1. The highest BCUT2D eigenvalue weighted by Gasteiger charge is 2.40. The molecular formula is C25H24ClFN4O5S. The summed E-state index contributed by atoms with van der Waals surface area (Å²) in [6, 6.07) is 13.1. The number of pyridine rings is 1. The van der Waals surface area contributed by atoms with Crippen molar-refractivity contribution in [3.8, 4) is 5.69 Å². The van der Waals surface area contributed by atoms with Crippen LogP contribution in [0.2, 0.25) is 4.34 Å². The quantitative estimate of drug-likeness (QED) is 0.344. The molecule has 0 bridgehead atoms. The van der Waals surface area contributed by atoms with Crippen LogP contribution in [0, 0.1) is 5.92 Å². The van der Waals surface area contributed by atoms with E-state index in [9.17, 15) is 23.7 Å². The zero-order chi connectivity index (χ0) is 26.5. The van der Waals surface area contributed by atoms with Crippen LogP contribution in [0.1, 0.15) is 16.6 Å². The highest BCUT2D eigenvalue weighted by Crippen LogP contribution is 2.24. The first-order valence-electron chi connectivity index (χ1n) is 11.5. The number of carbonyl (C=O) groups excluding carboxylic acids is 3. The van der Waals surface area contributed by atoms with Crippen LogP contribution in [0.15, 0.2) is 65.6 Å². The van der Waals surface area contributed by atoms with Gasteiger partial charge in [-0.05, 0) is 49.4 Å². The summed E-state index contributed by atoms with van der Waals surface area (Å²) in [4.78, 5) is 51.8. The summed E-state index contributed by atoms with van der Waals surface area (Å²) in [5.74, 6) is -2.46. The van der Waals surface area contributed by atoms with Crippen molar-refractivity contribution in [3.63, 3.8) is 0 Å². The lowest BCUT2D eigenvalue weighted by Gasteiger charge is -2.19. The van der Waals surface area contributed by atoms with E-state index in [1.165, 1.54) is 34.9 Å². The van der Waals surface area contributed by atoms with Crippen molar-refractivity contribution in [3.05, 3.63) is 80.4 Å². The number of esters is 1. The molecule has 12 heteroatoms. The van der Waals surface area contributed by atoms with Gasteiger partial charge in [-0.1, -0.05) is 22.1 Å². The van der Waals surface area contributed by atoms with Gasteiger partial charge in [-0.2, -0.15) is 0 Å². The minimum Gasteiger partial charge on any atom is -0.466 e. The summed E-state index contributed by atoms with van der Waals surface area (Å²) in [5.41, 5.74) is 0.286. The van der Waals surface area contributed by atoms with Crippen molar-refractivity contribution in [1.82, 2.24) is 14.8 Å². The van der Waals surface area contributed by atoms with Crippen molar-refractivity contribution < 1.29 is 23.6 Å². The van der Waals surface area contributed by atoms with Crippen molar-refractivity contribution >= 4 is 46.4 Å². The molecule has 0 unspecified atom stereocenters. The molecule has 0 radical (unpaired) electrons. The Labute approximate surface area is 220 Å². The smallest absolute Gasteiger partial charge is 0.312 e.